The lowest BCUT2D eigenvalue weighted by Gasteiger charge is -2.12. The zero-order chi connectivity index (χ0) is 21.3. The van der Waals surface area contributed by atoms with Gasteiger partial charge in [-0.2, -0.15) is 0 Å². The summed E-state index contributed by atoms with van der Waals surface area (Å²) in [6.45, 7) is -0.0809. The van der Waals surface area contributed by atoms with Gasteiger partial charge in [0.25, 0.3) is 11.6 Å². The minimum Gasteiger partial charge on any atom is -0.485 e. The van der Waals surface area contributed by atoms with Gasteiger partial charge in [-0.15, -0.1) is 0 Å². The van der Waals surface area contributed by atoms with Crippen molar-refractivity contribution < 1.29 is 19.2 Å². The Kier molecular flexibility index (Phi) is 6.62. The first kappa shape index (κ1) is 20.4. The van der Waals surface area contributed by atoms with Crippen LogP contribution in [0.1, 0.15) is 15.9 Å². The number of carbonyl (C=O) groups is 2. The normalized spacial score (nSPS) is 10.1. The zero-order valence-electron chi connectivity index (χ0n) is 15.6. The van der Waals surface area contributed by atoms with Crippen molar-refractivity contribution in [2.24, 2.45) is 0 Å². The Morgan fingerprint density at radius 3 is 2.63 bits per heavy atom. The number of non-ortho nitro benzene ring substituents is 1. The first-order valence-corrected chi connectivity index (χ1v) is 8.82. The molecule has 0 saturated heterocycles. The molecule has 152 valence electrons. The molecule has 0 spiro atoms. The topological polar surface area (TPSA) is 136 Å². The zero-order valence-corrected chi connectivity index (χ0v) is 15.6. The lowest BCUT2D eigenvalue weighted by molar-refractivity contribution is -0.384. The number of ether oxygens (including phenoxy) is 1. The largest absolute Gasteiger partial charge is 0.485 e. The SMILES string of the molecule is O=C(CNC(=O)c1cccc([N+](=O)[O-])c1)Nc1ncccc1OCc1ccncc1. The highest BCUT2D eigenvalue weighted by Gasteiger charge is 2.14. The molecule has 0 aliphatic carbocycles. The van der Waals surface area contributed by atoms with E-state index in [1.807, 2.05) is 0 Å². The summed E-state index contributed by atoms with van der Waals surface area (Å²) < 4.78 is 5.70. The molecular weight excluding hydrogens is 390 g/mol. The van der Waals surface area contributed by atoms with Gasteiger partial charge in [0.15, 0.2) is 11.6 Å². The lowest BCUT2D eigenvalue weighted by Crippen LogP contribution is -2.33. The van der Waals surface area contributed by atoms with Gasteiger partial charge in [-0.3, -0.25) is 24.7 Å². The maximum atomic E-state index is 12.2. The molecule has 0 bridgehead atoms. The number of rotatable bonds is 8. The Morgan fingerprint density at radius 1 is 1.07 bits per heavy atom. The van der Waals surface area contributed by atoms with Crippen LogP contribution in [0.25, 0.3) is 0 Å². The van der Waals surface area contributed by atoms with E-state index in [2.05, 4.69) is 20.6 Å². The highest BCUT2D eigenvalue weighted by molar-refractivity contribution is 5.99. The number of anilines is 1. The summed E-state index contributed by atoms with van der Waals surface area (Å²) in [7, 11) is 0. The summed E-state index contributed by atoms with van der Waals surface area (Å²) in [5, 5.41) is 15.8. The number of hydrogen-bond donors (Lipinski definition) is 2. The minimum absolute atomic E-state index is 0.0798. The molecule has 0 radical (unpaired) electrons. The van der Waals surface area contributed by atoms with Crippen LogP contribution in [0.15, 0.2) is 67.1 Å². The molecule has 30 heavy (non-hydrogen) atoms. The number of carbonyl (C=O) groups excluding carboxylic acids is 2. The predicted octanol–water partition coefficient (Wildman–Crippen LogP) is 2.33. The van der Waals surface area contributed by atoms with Gasteiger partial charge in [-0.1, -0.05) is 6.07 Å². The lowest BCUT2D eigenvalue weighted by atomic mass is 10.2. The third kappa shape index (κ3) is 5.58. The Bertz CT molecular complexity index is 1060. The standard InChI is InChI=1S/C20H17N5O5/c26-18(12-23-20(27)15-3-1-4-16(11-15)25(28)29)24-19-17(5-2-8-22-19)30-13-14-6-9-21-10-7-14/h1-11H,12-13H2,(H,23,27)(H,22,24,26). The van der Waals surface area contributed by atoms with E-state index in [1.165, 1.54) is 24.4 Å². The van der Waals surface area contributed by atoms with Crippen LogP contribution in [0.2, 0.25) is 0 Å². The number of amides is 2. The van der Waals surface area contributed by atoms with Crippen molar-refractivity contribution >= 4 is 23.3 Å². The van der Waals surface area contributed by atoms with E-state index in [0.717, 1.165) is 11.6 Å². The van der Waals surface area contributed by atoms with Crippen LogP contribution in [0, 0.1) is 10.1 Å². The Balaban J connectivity index is 1.56. The van der Waals surface area contributed by atoms with Gasteiger partial charge in [0, 0.05) is 36.3 Å². The van der Waals surface area contributed by atoms with Crippen molar-refractivity contribution in [1.29, 1.82) is 0 Å². The summed E-state index contributed by atoms with van der Waals surface area (Å²) in [5.41, 5.74) is 0.767. The van der Waals surface area contributed by atoms with Crippen LogP contribution in [-0.4, -0.2) is 33.3 Å². The molecule has 0 fully saturated rings. The molecule has 3 rings (SSSR count). The van der Waals surface area contributed by atoms with Gasteiger partial charge in [0.1, 0.15) is 6.61 Å². The van der Waals surface area contributed by atoms with Gasteiger partial charge >= 0.3 is 0 Å². The van der Waals surface area contributed by atoms with E-state index < -0.39 is 16.7 Å². The van der Waals surface area contributed by atoms with Gasteiger partial charge in [0.2, 0.25) is 5.91 Å². The van der Waals surface area contributed by atoms with E-state index in [4.69, 9.17) is 4.74 Å². The van der Waals surface area contributed by atoms with Crippen LogP contribution in [-0.2, 0) is 11.4 Å². The molecule has 0 aliphatic heterocycles. The number of hydrogen-bond acceptors (Lipinski definition) is 7. The molecule has 0 aliphatic rings. The molecule has 2 N–H and O–H groups in total. The van der Waals surface area contributed by atoms with Gasteiger partial charge in [-0.05, 0) is 35.9 Å². The van der Waals surface area contributed by atoms with E-state index >= 15 is 0 Å². The molecule has 10 heteroatoms. The number of nitro benzene ring substituents is 1. The van der Waals surface area contributed by atoms with Crippen molar-refractivity contribution in [2.45, 2.75) is 6.61 Å². The molecule has 2 aromatic heterocycles. The monoisotopic (exact) mass is 407 g/mol. The predicted molar refractivity (Wildman–Crippen MR) is 107 cm³/mol. The molecule has 3 aromatic rings. The molecular formula is C20H17N5O5. The van der Waals surface area contributed by atoms with Crippen LogP contribution in [0.3, 0.4) is 0 Å². The molecule has 10 nitrogen and oxygen atoms in total. The molecule has 0 atom stereocenters. The summed E-state index contributed by atoms with van der Waals surface area (Å²) in [6.07, 6.45) is 4.79. The number of nitro groups is 1. The second kappa shape index (κ2) is 9.73. The third-order valence-electron chi connectivity index (χ3n) is 3.90. The molecule has 0 saturated carbocycles. The summed E-state index contributed by atoms with van der Waals surface area (Å²) >= 11 is 0. The van der Waals surface area contributed by atoms with E-state index in [-0.39, 0.29) is 30.2 Å². The smallest absolute Gasteiger partial charge is 0.270 e. The highest BCUT2D eigenvalue weighted by Crippen LogP contribution is 2.22. The Labute approximate surface area is 171 Å². The van der Waals surface area contributed by atoms with E-state index in [9.17, 15) is 19.7 Å². The Hall–Kier alpha value is -4.34. The number of benzene rings is 1. The van der Waals surface area contributed by atoms with Crippen molar-refractivity contribution in [2.75, 3.05) is 11.9 Å². The fourth-order valence-electron chi connectivity index (χ4n) is 2.44. The van der Waals surface area contributed by atoms with Gasteiger partial charge in [-0.25, -0.2) is 4.98 Å². The Morgan fingerprint density at radius 2 is 1.87 bits per heavy atom. The minimum atomic E-state index is -0.607. The van der Waals surface area contributed by atoms with E-state index in [0.29, 0.717) is 5.75 Å². The fourth-order valence-corrected chi connectivity index (χ4v) is 2.44. The second-order valence-electron chi connectivity index (χ2n) is 6.03. The van der Waals surface area contributed by atoms with Crippen molar-refractivity contribution in [3.05, 3.63) is 88.4 Å². The van der Waals surface area contributed by atoms with Crippen LogP contribution in [0.5, 0.6) is 5.75 Å². The number of nitrogens with one attached hydrogen (secondary N) is 2. The van der Waals surface area contributed by atoms with Gasteiger partial charge < -0.3 is 15.4 Å². The van der Waals surface area contributed by atoms with Crippen LogP contribution < -0.4 is 15.4 Å². The van der Waals surface area contributed by atoms with Crippen LogP contribution in [0.4, 0.5) is 11.5 Å². The average molecular weight is 407 g/mol. The summed E-state index contributed by atoms with van der Waals surface area (Å²) in [4.78, 5) is 42.6. The van der Waals surface area contributed by atoms with Gasteiger partial charge in [0.05, 0.1) is 11.5 Å². The number of pyridine rings is 2. The van der Waals surface area contributed by atoms with E-state index in [1.54, 1.807) is 36.7 Å². The highest BCUT2D eigenvalue weighted by atomic mass is 16.6. The first-order chi connectivity index (χ1) is 14.5. The quantitative estimate of drug-likeness (QED) is 0.432. The molecule has 0 unspecified atom stereocenters. The maximum absolute atomic E-state index is 12.2. The maximum Gasteiger partial charge on any atom is 0.270 e. The molecule has 2 heterocycles. The third-order valence-corrected chi connectivity index (χ3v) is 3.90. The summed E-state index contributed by atoms with van der Waals surface area (Å²) in [6, 6.07) is 12.2. The fraction of sp³-hybridized carbons (Fsp3) is 0.100. The summed E-state index contributed by atoms with van der Waals surface area (Å²) in [5.74, 6) is -0.556. The number of aromatic nitrogens is 2. The second-order valence-corrected chi connectivity index (χ2v) is 6.03. The average Bonchev–Trinajstić information content (AvgIpc) is 2.77. The van der Waals surface area contributed by atoms with Crippen molar-refractivity contribution in [1.82, 2.24) is 15.3 Å². The van der Waals surface area contributed by atoms with Crippen molar-refractivity contribution in [3.63, 3.8) is 0 Å². The molecule has 1 aromatic carbocycles. The molecule has 2 amide bonds. The number of nitrogens with zero attached hydrogens (tertiary/aromatic N) is 3. The van der Waals surface area contributed by atoms with Crippen LogP contribution >= 0.6 is 0 Å². The van der Waals surface area contributed by atoms with Crippen molar-refractivity contribution in [3.8, 4) is 5.75 Å². The first-order valence-electron chi connectivity index (χ1n) is 8.82.